The molecule has 0 saturated heterocycles. The Balaban J connectivity index is 2.55. The van der Waals surface area contributed by atoms with Gasteiger partial charge in [-0.15, -0.1) is 0 Å². The molecule has 0 bridgehead atoms. The minimum Gasteiger partial charge on any atom is -0.502 e. The zero-order valence-corrected chi connectivity index (χ0v) is 12.6. The number of benzene rings is 2. The van der Waals surface area contributed by atoms with Crippen molar-refractivity contribution in [3.63, 3.8) is 0 Å². The highest BCUT2D eigenvalue weighted by Crippen LogP contribution is 2.40. The van der Waals surface area contributed by atoms with Gasteiger partial charge in [-0.25, -0.2) is 4.39 Å². The summed E-state index contributed by atoms with van der Waals surface area (Å²) in [5, 5.41) is 21.4. The lowest BCUT2D eigenvalue weighted by Gasteiger charge is -2.10. The third kappa shape index (κ3) is 2.92. The van der Waals surface area contributed by atoms with Crippen molar-refractivity contribution in [2.75, 3.05) is 0 Å². The largest absolute Gasteiger partial charge is 0.502 e. The Hall–Kier alpha value is -2.47. The Labute approximate surface area is 130 Å². The van der Waals surface area contributed by atoms with Gasteiger partial charge in [0.15, 0.2) is 0 Å². The van der Waals surface area contributed by atoms with Crippen LogP contribution in [0.4, 0.5) is 15.8 Å². The molecule has 0 atom stereocenters. The maximum atomic E-state index is 12.8. The summed E-state index contributed by atoms with van der Waals surface area (Å²) in [6.07, 6.45) is 1.27. The van der Waals surface area contributed by atoms with E-state index < -0.39 is 22.2 Å². The minimum atomic E-state index is -0.689. The first-order chi connectivity index (χ1) is 10.3. The summed E-state index contributed by atoms with van der Waals surface area (Å²) in [6, 6.07) is 5.37. The summed E-state index contributed by atoms with van der Waals surface area (Å²) >= 11 is 6.08. The predicted octanol–water partition coefficient (Wildman–Crippen LogP) is 4.46. The van der Waals surface area contributed by atoms with Crippen molar-refractivity contribution in [1.82, 2.24) is 0 Å². The fourth-order valence-electron chi connectivity index (χ4n) is 2.03. The lowest BCUT2D eigenvalue weighted by molar-refractivity contribution is -0.386. The van der Waals surface area contributed by atoms with Crippen molar-refractivity contribution >= 4 is 29.2 Å². The van der Waals surface area contributed by atoms with E-state index in [2.05, 4.69) is 4.99 Å². The van der Waals surface area contributed by atoms with Crippen LogP contribution in [0, 0.1) is 29.8 Å². The van der Waals surface area contributed by atoms with Gasteiger partial charge in [0.2, 0.25) is 5.75 Å². The molecule has 2 rings (SSSR count). The topological polar surface area (TPSA) is 75.7 Å². The number of nitro benzene ring substituents is 1. The standard InChI is InChI=1S/C15H12ClFN2O3/c1-8-12(7-18-11-5-3-10(17)4-6-11)15(20)14(19(21)22)9(2)13(8)16/h3-7,20H,1-2H3. The van der Waals surface area contributed by atoms with Crippen LogP contribution in [0.3, 0.4) is 0 Å². The van der Waals surface area contributed by atoms with Crippen molar-refractivity contribution in [2.24, 2.45) is 4.99 Å². The average molecular weight is 323 g/mol. The molecule has 0 saturated carbocycles. The molecule has 0 fully saturated rings. The van der Waals surface area contributed by atoms with Crippen LogP contribution in [-0.2, 0) is 0 Å². The normalized spacial score (nSPS) is 11.1. The number of hydrogen-bond acceptors (Lipinski definition) is 4. The first-order valence-electron chi connectivity index (χ1n) is 6.28. The van der Waals surface area contributed by atoms with Crippen LogP contribution in [0.15, 0.2) is 29.3 Å². The summed E-state index contributed by atoms with van der Waals surface area (Å²) in [5.74, 6) is -0.887. The molecule has 0 spiro atoms. The number of hydrogen-bond donors (Lipinski definition) is 1. The highest BCUT2D eigenvalue weighted by molar-refractivity contribution is 6.33. The van der Waals surface area contributed by atoms with E-state index >= 15 is 0 Å². The molecule has 0 radical (unpaired) electrons. The molecular formula is C15H12ClFN2O3. The number of aliphatic imine (C=N–C) groups is 1. The van der Waals surface area contributed by atoms with Gasteiger partial charge in [0, 0.05) is 17.3 Å². The van der Waals surface area contributed by atoms with Crippen LogP contribution in [0.1, 0.15) is 16.7 Å². The van der Waals surface area contributed by atoms with E-state index in [0.717, 1.165) is 0 Å². The highest BCUT2D eigenvalue weighted by atomic mass is 35.5. The van der Waals surface area contributed by atoms with Gasteiger partial charge in [-0.1, -0.05) is 11.6 Å². The van der Waals surface area contributed by atoms with Crippen LogP contribution in [0.2, 0.25) is 5.02 Å². The van der Waals surface area contributed by atoms with Gasteiger partial charge in [0.1, 0.15) is 5.82 Å². The molecule has 5 nitrogen and oxygen atoms in total. The number of nitrogens with zero attached hydrogens (tertiary/aromatic N) is 2. The smallest absolute Gasteiger partial charge is 0.315 e. The van der Waals surface area contributed by atoms with E-state index in [4.69, 9.17) is 11.6 Å². The van der Waals surface area contributed by atoms with Crippen molar-refractivity contribution < 1.29 is 14.4 Å². The van der Waals surface area contributed by atoms with Crippen molar-refractivity contribution in [2.45, 2.75) is 13.8 Å². The summed E-state index contributed by atoms with van der Waals surface area (Å²) in [5.41, 5.74) is 0.830. The van der Waals surface area contributed by atoms with Crippen LogP contribution in [0.25, 0.3) is 0 Å². The number of phenolic OH excluding ortho intramolecular Hbond substituents is 1. The van der Waals surface area contributed by atoms with E-state index in [0.29, 0.717) is 11.3 Å². The average Bonchev–Trinajstić information content (AvgIpc) is 2.46. The van der Waals surface area contributed by atoms with E-state index in [-0.39, 0.29) is 16.1 Å². The maximum Gasteiger partial charge on any atom is 0.315 e. The summed E-state index contributed by atoms with van der Waals surface area (Å²) in [7, 11) is 0. The van der Waals surface area contributed by atoms with Gasteiger partial charge in [-0.2, -0.15) is 0 Å². The number of rotatable bonds is 3. The summed E-state index contributed by atoms with van der Waals surface area (Å²) < 4.78 is 12.8. The van der Waals surface area contributed by atoms with Crippen molar-refractivity contribution in [3.05, 3.63) is 61.9 Å². The lowest BCUT2D eigenvalue weighted by atomic mass is 10.0. The van der Waals surface area contributed by atoms with Gasteiger partial charge in [0.05, 0.1) is 15.6 Å². The molecule has 7 heteroatoms. The molecule has 22 heavy (non-hydrogen) atoms. The molecule has 0 amide bonds. The van der Waals surface area contributed by atoms with Crippen molar-refractivity contribution in [3.8, 4) is 5.75 Å². The molecule has 0 aliphatic carbocycles. The van der Waals surface area contributed by atoms with Crippen LogP contribution < -0.4 is 0 Å². The monoisotopic (exact) mass is 322 g/mol. The minimum absolute atomic E-state index is 0.159. The summed E-state index contributed by atoms with van der Waals surface area (Å²) in [6.45, 7) is 3.10. The molecule has 114 valence electrons. The van der Waals surface area contributed by atoms with Gasteiger partial charge < -0.3 is 5.11 Å². The first-order valence-corrected chi connectivity index (χ1v) is 6.66. The van der Waals surface area contributed by atoms with Crippen molar-refractivity contribution in [1.29, 1.82) is 0 Å². The quantitative estimate of drug-likeness (QED) is 0.515. The first kappa shape index (κ1) is 15.9. The predicted molar refractivity (Wildman–Crippen MR) is 82.9 cm³/mol. The molecule has 0 unspecified atom stereocenters. The molecule has 2 aromatic rings. The maximum absolute atomic E-state index is 12.8. The number of halogens is 2. The Morgan fingerprint density at radius 2 is 1.86 bits per heavy atom. The molecule has 0 heterocycles. The van der Waals surface area contributed by atoms with E-state index in [1.165, 1.54) is 37.4 Å². The molecule has 1 N–H and O–H groups in total. The second-order valence-electron chi connectivity index (χ2n) is 4.67. The molecule has 0 aromatic heterocycles. The zero-order chi connectivity index (χ0) is 16.4. The number of aromatic hydroxyl groups is 1. The third-order valence-corrected chi connectivity index (χ3v) is 3.82. The van der Waals surface area contributed by atoms with E-state index in [9.17, 15) is 19.6 Å². The summed E-state index contributed by atoms with van der Waals surface area (Å²) in [4.78, 5) is 14.5. The lowest BCUT2D eigenvalue weighted by Crippen LogP contribution is -1.99. The number of phenols is 1. The molecule has 2 aromatic carbocycles. The van der Waals surface area contributed by atoms with E-state index in [1.807, 2.05) is 0 Å². The zero-order valence-electron chi connectivity index (χ0n) is 11.8. The Morgan fingerprint density at radius 1 is 1.27 bits per heavy atom. The Kier molecular flexibility index (Phi) is 4.42. The van der Waals surface area contributed by atoms with Gasteiger partial charge in [-0.05, 0) is 43.7 Å². The fraction of sp³-hybridized carbons (Fsp3) is 0.133. The van der Waals surface area contributed by atoms with Crippen LogP contribution in [0.5, 0.6) is 5.75 Å². The highest BCUT2D eigenvalue weighted by Gasteiger charge is 2.25. The number of nitro groups is 1. The Bertz CT molecular complexity index is 774. The SMILES string of the molecule is Cc1c(Cl)c(C)c([N+](=O)[O-])c(O)c1C=Nc1ccc(F)cc1. The fourth-order valence-corrected chi connectivity index (χ4v) is 2.23. The molecular weight excluding hydrogens is 311 g/mol. The molecule has 0 aliphatic rings. The van der Waals surface area contributed by atoms with Crippen LogP contribution >= 0.6 is 11.6 Å². The second-order valence-corrected chi connectivity index (χ2v) is 5.04. The second kappa shape index (κ2) is 6.11. The third-order valence-electron chi connectivity index (χ3n) is 3.25. The van der Waals surface area contributed by atoms with Crippen LogP contribution in [-0.4, -0.2) is 16.2 Å². The van der Waals surface area contributed by atoms with Gasteiger partial charge in [0.25, 0.3) is 0 Å². The Morgan fingerprint density at radius 3 is 2.41 bits per heavy atom. The van der Waals surface area contributed by atoms with E-state index in [1.54, 1.807) is 6.92 Å². The van der Waals surface area contributed by atoms with Gasteiger partial charge >= 0.3 is 5.69 Å². The van der Waals surface area contributed by atoms with Gasteiger partial charge in [-0.3, -0.25) is 15.1 Å². The molecule has 0 aliphatic heterocycles.